The van der Waals surface area contributed by atoms with Crippen LogP contribution in [0.4, 0.5) is 0 Å². The van der Waals surface area contributed by atoms with Crippen molar-refractivity contribution in [1.29, 1.82) is 0 Å². The largest absolute Gasteiger partial charge is 0.438 e. The summed E-state index contributed by atoms with van der Waals surface area (Å²) in [6.07, 6.45) is 0. The van der Waals surface area contributed by atoms with Crippen LogP contribution in [0.3, 0.4) is 0 Å². The molecule has 0 bridgehead atoms. The Morgan fingerprint density at radius 3 is 2.33 bits per heavy atom. The minimum Gasteiger partial charge on any atom is -0.438 e. The van der Waals surface area contributed by atoms with E-state index in [1.807, 2.05) is 36.4 Å². The van der Waals surface area contributed by atoms with E-state index in [2.05, 4.69) is 77.8 Å². The lowest BCUT2D eigenvalue weighted by Crippen LogP contribution is -2.20. The van der Waals surface area contributed by atoms with Crippen molar-refractivity contribution in [3.05, 3.63) is 95.5 Å². The third-order valence-corrected chi connectivity index (χ3v) is 6.89. The maximum absolute atomic E-state index is 6.26. The van der Waals surface area contributed by atoms with E-state index in [1.54, 1.807) is 0 Å². The number of furan rings is 1. The summed E-state index contributed by atoms with van der Waals surface area (Å²) in [5, 5.41) is 1.92. The smallest absolute Gasteiger partial charge is 0.231 e. The molecule has 0 saturated heterocycles. The molecule has 5 heteroatoms. The summed E-state index contributed by atoms with van der Waals surface area (Å²) in [7, 11) is 2.23. The van der Waals surface area contributed by atoms with Crippen LogP contribution in [-0.4, -0.2) is 17.2 Å². The van der Waals surface area contributed by atoms with Crippen molar-refractivity contribution in [3.8, 4) is 33.8 Å². The number of fused-ring (bicyclic) bond motifs is 6. The summed E-state index contributed by atoms with van der Waals surface area (Å²) in [4.78, 5) is 10.1. The molecule has 3 nitrogen and oxygen atoms in total. The van der Waals surface area contributed by atoms with Crippen molar-refractivity contribution in [2.24, 2.45) is 0 Å². The minimum atomic E-state index is 0.591. The highest BCUT2D eigenvalue weighted by atomic mass is 79.9. The van der Waals surface area contributed by atoms with E-state index in [0.717, 1.165) is 37.6 Å². The van der Waals surface area contributed by atoms with Crippen LogP contribution in [0.25, 0.3) is 55.8 Å². The van der Waals surface area contributed by atoms with E-state index in [1.165, 1.54) is 22.1 Å². The fourth-order valence-corrected chi connectivity index (χ4v) is 5.34. The molecule has 33 heavy (non-hydrogen) atoms. The van der Waals surface area contributed by atoms with Crippen LogP contribution in [0.2, 0.25) is 0 Å². The Hall–Kier alpha value is -3.70. The molecule has 0 spiro atoms. The third-order valence-electron chi connectivity index (χ3n) is 6.23. The predicted molar refractivity (Wildman–Crippen MR) is 138 cm³/mol. The number of halogens is 1. The normalized spacial score (nSPS) is 12.0. The molecule has 0 aliphatic carbocycles. The second-order valence-electron chi connectivity index (χ2n) is 8.16. The Morgan fingerprint density at radius 2 is 1.42 bits per heavy atom. The van der Waals surface area contributed by atoms with Crippen molar-refractivity contribution < 1.29 is 4.42 Å². The highest BCUT2D eigenvalue weighted by molar-refractivity contribution is 9.10. The molecule has 3 heterocycles. The van der Waals surface area contributed by atoms with Crippen LogP contribution < -0.4 is 10.9 Å². The van der Waals surface area contributed by atoms with Gasteiger partial charge in [-0.1, -0.05) is 106 Å². The summed E-state index contributed by atoms with van der Waals surface area (Å²) >= 11 is 3.71. The Morgan fingerprint density at radius 1 is 0.667 bits per heavy atom. The van der Waals surface area contributed by atoms with Crippen molar-refractivity contribution in [2.75, 3.05) is 0 Å². The van der Waals surface area contributed by atoms with Crippen LogP contribution in [0, 0.1) is 0 Å². The van der Waals surface area contributed by atoms with Gasteiger partial charge in [0.05, 0.1) is 11.1 Å². The molecule has 1 radical (unpaired) electrons. The highest BCUT2D eigenvalue weighted by Crippen LogP contribution is 2.40. The molecule has 0 N–H and O–H groups in total. The molecule has 7 rings (SSSR count). The molecule has 1 aliphatic rings. The highest BCUT2D eigenvalue weighted by Gasteiger charge is 2.25. The van der Waals surface area contributed by atoms with Crippen molar-refractivity contribution in [1.82, 2.24) is 9.97 Å². The summed E-state index contributed by atoms with van der Waals surface area (Å²) in [5.41, 5.74) is 9.08. The molecule has 0 atom stereocenters. The quantitative estimate of drug-likeness (QED) is 0.277. The maximum Gasteiger partial charge on any atom is 0.231 e. The Labute approximate surface area is 199 Å². The maximum atomic E-state index is 6.26. The zero-order valence-corrected chi connectivity index (χ0v) is 19.0. The topological polar surface area (TPSA) is 38.9 Å². The minimum absolute atomic E-state index is 0.591. The first-order valence-corrected chi connectivity index (χ1v) is 11.6. The lowest BCUT2D eigenvalue weighted by Gasteiger charge is -2.11. The van der Waals surface area contributed by atoms with Crippen LogP contribution in [0.5, 0.6) is 0 Å². The molecule has 0 fully saturated rings. The van der Waals surface area contributed by atoms with Gasteiger partial charge in [0.25, 0.3) is 0 Å². The zero-order valence-electron chi connectivity index (χ0n) is 17.4. The van der Waals surface area contributed by atoms with E-state index in [9.17, 15) is 0 Å². The van der Waals surface area contributed by atoms with Gasteiger partial charge in [-0.25, -0.2) is 4.98 Å². The molecule has 0 amide bonds. The fraction of sp³-hybridized carbons (Fsp3) is 0. The van der Waals surface area contributed by atoms with Crippen molar-refractivity contribution in [3.63, 3.8) is 0 Å². The molecule has 153 valence electrons. The first-order chi connectivity index (χ1) is 16.3. The third kappa shape index (κ3) is 2.82. The van der Waals surface area contributed by atoms with Crippen LogP contribution in [0.15, 0.2) is 99.9 Å². The van der Waals surface area contributed by atoms with E-state index in [0.29, 0.717) is 11.5 Å². The van der Waals surface area contributed by atoms with E-state index in [4.69, 9.17) is 14.4 Å². The van der Waals surface area contributed by atoms with Gasteiger partial charge in [0.15, 0.2) is 13.1 Å². The fourth-order valence-electron chi connectivity index (χ4n) is 4.80. The first kappa shape index (κ1) is 18.8. The van der Waals surface area contributed by atoms with Gasteiger partial charge in [-0.2, -0.15) is 4.98 Å². The lowest BCUT2D eigenvalue weighted by molar-refractivity contribution is 0.653. The molecule has 0 saturated carbocycles. The van der Waals surface area contributed by atoms with Crippen LogP contribution in [-0.2, 0) is 0 Å². The first-order valence-electron chi connectivity index (χ1n) is 10.8. The Kier molecular flexibility index (Phi) is 4.08. The summed E-state index contributed by atoms with van der Waals surface area (Å²) in [6.45, 7) is 0. The molecule has 2 aromatic heterocycles. The number of aromatic nitrogens is 2. The number of rotatable bonds is 2. The average molecular weight is 486 g/mol. The number of benzene rings is 4. The predicted octanol–water partition coefficient (Wildman–Crippen LogP) is 6.11. The molecule has 6 aromatic rings. The SMILES string of the molecule is Brc1cccc2oc3nc(-c4cccc5c4-c4ccccc4[B]5)nc(-c4ccccc4)c3c12. The number of hydrogen-bond acceptors (Lipinski definition) is 3. The Bertz CT molecular complexity index is 1710. The number of nitrogens with zero attached hydrogens (tertiary/aromatic N) is 2. The lowest BCUT2D eigenvalue weighted by atomic mass is 9.68. The molecular formula is C28H15BBrN2O. The van der Waals surface area contributed by atoms with Gasteiger partial charge in [-0.3, -0.25) is 0 Å². The zero-order chi connectivity index (χ0) is 21.9. The van der Waals surface area contributed by atoms with Crippen molar-refractivity contribution in [2.45, 2.75) is 0 Å². The molecule has 0 unspecified atom stereocenters. The van der Waals surface area contributed by atoms with Gasteiger partial charge in [0.2, 0.25) is 5.71 Å². The standard InChI is InChI=1S/C28H15BBrN2O/c30-21-14-7-15-22-24(21)25-26(16-8-2-1-3-9-16)31-27(32-28(25)33-22)18-11-6-13-20-23(18)17-10-4-5-12-19(17)29-20/h1-15H. The van der Waals surface area contributed by atoms with E-state index in [-0.39, 0.29) is 0 Å². The second-order valence-corrected chi connectivity index (χ2v) is 9.01. The van der Waals surface area contributed by atoms with E-state index >= 15 is 0 Å². The molecular weight excluding hydrogens is 471 g/mol. The average Bonchev–Trinajstić information content (AvgIpc) is 3.43. The second kappa shape index (κ2) is 7.16. The van der Waals surface area contributed by atoms with Gasteiger partial charge in [-0.15, -0.1) is 0 Å². The summed E-state index contributed by atoms with van der Waals surface area (Å²) in [5.74, 6) is 0.665. The van der Waals surface area contributed by atoms with Crippen molar-refractivity contribution >= 4 is 56.2 Å². The molecule has 1 aliphatic heterocycles. The van der Waals surface area contributed by atoms with Crippen LogP contribution in [0.1, 0.15) is 0 Å². The van der Waals surface area contributed by atoms with Gasteiger partial charge < -0.3 is 4.42 Å². The summed E-state index contributed by atoms with van der Waals surface area (Å²) < 4.78 is 7.23. The number of hydrogen-bond donors (Lipinski definition) is 0. The van der Waals surface area contributed by atoms with Gasteiger partial charge >= 0.3 is 0 Å². The van der Waals surface area contributed by atoms with Gasteiger partial charge in [-0.05, 0) is 23.3 Å². The van der Waals surface area contributed by atoms with Gasteiger partial charge in [0, 0.05) is 21.0 Å². The Balaban J connectivity index is 1.58. The van der Waals surface area contributed by atoms with Crippen LogP contribution >= 0.6 is 15.9 Å². The summed E-state index contributed by atoms with van der Waals surface area (Å²) in [6, 6.07) is 31.0. The monoisotopic (exact) mass is 485 g/mol. The molecule has 4 aromatic carbocycles. The van der Waals surface area contributed by atoms with Gasteiger partial charge in [0.1, 0.15) is 5.58 Å². The van der Waals surface area contributed by atoms with E-state index < -0.39 is 0 Å².